The summed E-state index contributed by atoms with van der Waals surface area (Å²) < 4.78 is 6.83. The van der Waals surface area contributed by atoms with Crippen molar-refractivity contribution in [1.29, 1.82) is 0 Å². The van der Waals surface area contributed by atoms with Crippen molar-refractivity contribution in [1.82, 2.24) is 9.78 Å². The van der Waals surface area contributed by atoms with Gasteiger partial charge in [0.2, 0.25) is 5.91 Å². The number of hydrogen-bond acceptors (Lipinski definition) is 3. The second-order valence-electron chi connectivity index (χ2n) is 4.40. The number of carbonyl (C=O) groups is 1. The van der Waals surface area contributed by atoms with E-state index in [1.54, 1.807) is 19.5 Å². The molecule has 100 valence electrons. The van der Waals surface area contributed by atoms with Crippen molar-refractivity contribution in [3.05, 3.63) is 42.2 Å². The van der Waals surface area contributed by atoms with Crippen molar-refractivity contribution < 1.29 is 9.53 Å². The van der Waals surface area contributed by atoms with E-state index in [2.05, 4.69) is 11.2 Å². The lowest BCUT2D eigenvalue weighted by Crippen LogP contribution is -2.18. The summed E-state index contributed by atoms with van der Waals surface area (Å²) in [4.78, 5) is 10.8. The van der Waals surface area contributed by atoms with Crippen molar-refractivity contribution >= 4 is 5.91 Å². The van der Waals surface area contributed by atoms with Crippen molar-refractivity contribution in [3.8, 4) is 11.1 Å². The fraction of sp³-hybridized carbons (Fsp3) is 0.286. The van der Waals surface area contributed by atoms with E-state index in [4.69, 9.17) is 10.5 Å². The Bertz CT molecular complexity index is 578. The second kappa shape index (κ2) is 5.67. The van der Waals surface area contributed by atoms with E-state index < -0.39 is 5.91 Å². The van der Waals surface area contributed by atoms with Gasteiger partial charge in [-0.1, -0.05) is 18.2 Å². The fourth-order valence-electron chi connectivity index (χ4n) is 1.87. The first-order valence-corrected chi connectivity index (χ1v) is 6.04. The van der Waals surface area contributed by atoms with Gasteiger partial charge in [0.25, 0.3) is 0 Å². The molecule has 0 unspecified atom stereocenters. The van der Waals surface area contributed by atoms with Crippen LogP contribution in [0.25, 0.3) is 11.1 Å². The summed E-state index contributed by atoms with van der Waals surface area (Å²) in [6.07, 6.45) is 3.57. The molecule has 5 nitrogen and oxygen atoms in total. The van der Waals surface area contributed by atoms with Crippen molar-refractivity contribution in [2.75, 3.05) is 7.11 Å². The zero-order valence-electron chi connectivity index (χ0n) is 11.0. The third kappa shape index (κ3) is 3.20. The van der Waals surface area contributed by atoms with E-state index in [1.807, 2.05) is 25.1 Å². The molecule has 0 saturated carbocycles. The highest BCUT2D eigenvalue weighted by Gasteiger charge is 2.07. The number of nitrogens with zero attached hydrogens (tertiary/aromatic N) is 2. The summed E-state index contributed by atoms with van der Waals surface area (Å²) in [7, 11) is 1.68. The van der Waals surface area contributed by atoms with Gasteiger partial charge in [-0.25, -0.2) is 0 Å². The van der Waals surface area contributed by atoms with Gasteiger partial charge >= 0.3 is 0 Å². The molecule has 0 fully saturated rings. The molecule has 1 aromatic heterocycles. The minimum absolute atomic E-state index is 0.0422. The minimum atomic E-state index is -0.406. The molecule has 5 heteroatoms. The van der Waals surface area contributed by atoms with Gasteiger partial charge in [-0.2, -0.15) is 5.10 Å². The molecule has 19 heavy (non-hydrogen) atoms. The number of nitrogens with two attached hydrogens (primary N) is 1. The predicted octanol–water partition coefficient (Wildman–Crippen LogP) is 1.74. The van der Waals surface area contributed by atoms with Crippen LogP contribution in [-0.4, -0.2) is 22.8 Å². The number of methoxy groups -OCH3 is 1. The fourth-order valence-corrected chi connectivity index (χ4v) is 1.87. The minimum Gasteiger partial charge on any atom is -0.377 e. The smallest absolute Gasteiger partial charge is 0.239 e. The van der Waals surface area contributed by atoms with Crippen LogP contribution in [0.5, 0.6) is 0 Å². The molecule has 1 heterocycles. The van der Waals surface area contributed by atoms with Crippen LogP contribution < -0.4 is 5.73 Å². The Morgan fingerprint density at radius 2 is 2.26 bits per heavy atom. The normalized spacial score (nSPS) is 12.3. The summed E-state index contributed by atoms with van der Waals surface area (Å²) in [6.45, 7) is 2.09. The number of benzene rings is 1. The van der Waals surface area contributed by atoms with Crippen LogP contribution in [0, 0.1) is 0 Å². The van der Waals surface area contributed by atoms with Gasteiger partial charge in [0.05, 0.1) is 12.3 Å². The molecule has 0 aliphatic heterocycles. The SMILES string of the molecule is CO[C@@H](C)c1cccc(-c2cnn(CC(N)=O)c2)c1. The first-order chi connectivity index (χ1) is 9.10. The summed E-state index contributed by atoms with van der Waals surface area (Å²) in [6, 6.07) is 8.05. The first-order valence-electron chi connectivity index (χ1n) is 6.04. The zero-order chi connectivity index (χ0) is 13.8. The van der Waals surface area contributed by atoms with Gasteiger partial charge in [-0.05, 0) is 24.1 Å². The number of ether oxygens (including phenoxy) is 1. The van der Waals surface area contributed by atoms with Gasteiger partial charge in [-0.15, -0.1) is 0 Å². The number of carbonyl (C=O) groups excluding carboxylic acids is 1. The second-order valence-corrected chi connectivity index (χ2v) is 4.40. The molecule has 2 aromatic rings. The van der Waals surface area contributed by atoms with Gasteiger partial charge in [0.1, 0.15) is 6.54 Å². The van der Waals surface area contributed by atoms with Crippen LogP contribution in [-0.2, 0) is 16.1 Å². The van der Waals surface area contributed by atoms with E-state index in [9.17, 15) is 4.79 Å². The van der Waals surface area contributed by atoms with Gasteiger partial charge < -0.3 is 10.5 Å². The third-order valence-electron chi connectivity index (χ3n) is 2.99. The highest BCUT2D eigenvalue weighted by atomic mass is 16.5. The molecule has 2 N–H and O–H groups in total. The Morgan fingerprint density at radius 1 is 1.47 bits per heavy atom. The molecular weight excluding hydrogens is 242 g/mol. The monoisotopic (exact) mass is 259 g/mol. The molecule has 2 rings (SSSR count). The molecular formula is C14H17N3O2. The first kappa shape index (κ1) is 13.3. The van der Waals surface area contributed by atoms with E-state index >= 15 is 0 Å². The number of rotatable bonds is 5. The number of hydrogen-bond donors (Lipinski definition) is 1. The lowest BCUT2D eigenvalue weighted by Gasteiger charge is -2.10. The van der Waals surface area contributed by atoms with E-state index in [-0.39, 0.29) is 12.6 Å². The summed E-state index contributed by atoms with van der Waals surface area (Å²) in [5.74, 6) is -0.406. The van der Waals surface area contributed by atoms with Crippen LogP contribution in [0.3, 0.4) is 0 Å². The highest BCUT2D eigenvalue weighted by Crippen LogP contribution is 2.24. The van der Waals surface area contributed by atoms with Crippen LogP contribution in [0.2, 0.25) is 0 Å². The van der Waals surface area contributed by atoms with Crippen LogP contribution in [0.1, 0.15) is 18.6 Å². The standard InChI is InChI=1S/C14H17N3O2/c1-10(19-2)11-4-3-5-12(6-11)13-7-16-17(8-13)9-14(15)18/h3-8,10H,9H2,1-2H3,(H2,15,18)/t10-/m0/s1. The summed E-state index contributed by atoms with van der Waals surface area (Å²) >= 11 is 0. The van der Waals surface area contributed by atoms with Gasteiger partial charge in [0.15, 0.2) is 0 Å². The average molecular weight is 259 g/mol. The highest BCUT2D eigenvalue weighted by molar-refractivity contribution is 5.73. The van der Waals surface area contributed by atoms with Crippen molar-refractivity contribution in [3.63, 3.8) is 0 Å². The van der Waals surface area contributed by atoms with Gasteiger partial charge in [0, 0.05) is 18.9 Å². The quantitative estimate of drug-likeness (QED) is 0.889. The average Bonchev–Trinajstić information content (AvgIpc) is 2.85. The maximum absolute atomic E-state index is 10.8. The number of aromatic nitrogens is 2. The number of primary amides is 1. The third-order valence-corrected chi connectivity index (χ3v) is 2.99. The van der Waals surface area contributed by atoms with E-state index in [0.29, 0.717) is 0 Å². The lowest BCUT2D eigenvalue weighted by molar-refractivity contribution is -0.118. The van der Waals surface area contributed by atoms with Crippen molar-refractivity contribution in [2.24, 2.45) is 5.73 Å². The predicted molar refractivity (Wildman–Crippen MR) is 72.3 cm³/mol. The Kier molecular flexibility index (Phi) is 3.97. The number of amides is 1. The Balaban J connectivity index is 2.26. The van der Waals surface area contributed by atoms with E-state index in [1.165, 1.54) is 4.68 Å². The topological polar surface area (TPSA) is 70.1 Å². The molecule has 0 radical (unpaired) electrons. The molecule has 0 aliphatic carbocycles. The molecule has 0 saturated heterocycles. The molecule has 1 atom stereocenters. The van der Waals surface area contributed by atoms with Crippen LogP contribution in [0.4, 0.5) is 0 Å². The van der Waals surface area contributed by atoms with Crippen molar-refractivity contribution in [2.45, 2.75) is 19.6 Å². The Hall–Kier alpha value is -2.14. The zero-order valence-corrected chi connectivity index (χ0v) is 11.0. The van der Waals surface area contributed by atoms with Gasteiger partial charge in [-0.3, -0.25) is 9.48 Å². The lowest BCUT2D eigenvalue weighted by atomic mass is 10.0. The van der Waals surface area contributed by atoms with E-state index in [0.717, 1.165) is 16.7 Å². The van der Waals surface area contributed by atoms with Crippen LogP contribution in [0.15, 0.2) is 36.7 Å². The van der Waals surface area contributed by atoms with Crippen LogP contribution >= 0.6 is 0 Å². The molecule has 1 amide bonds. The summed E-state index contributed by atoms with van der Waals surface area (Å²) in [5.41, 5.74) is 8.23. The maximum atomic E-state index is 10.8. The summed E-state index contributed by atoms with van der Waals surface area (Å²) in [5, 5.41) is 4.11. The maximum Gasteiger partial charge on any atom is 0.239 e. The largest absolute Gasteiger partial charge is 0.377 e. The molecule has 0 aliphatic rings. The molecule has 0 spiro atoms. The Labute approximate surface area is 112 Å². The molecule has 0 bridgehead atoms. The molecule has 1 aromatic carbocycles. The Morgan fingerprint density at radius 3 is 2.95 bits per heavy atom.